The summed E-state index contributed by atoms with van der Waals surface area (Å²) < 4.78 is 0. The first-order valence-corrected chi connectivity index (χ1v) is 5.37. The van der Waals surface area contributed by atoms with Gasteiger partial charge in [0.25, 0.3) is 0 Å². The van der Waals surface area contributed by atoms with E-state index in [1.54, 1.807) is 0 Å². The smallest absolute Gasteiger partial charge is 0.346 e. The van der Waals surface area contributed by atoms with E-state index in [1.807, 2.05) is 6.92 Å². The van der Waals surface area contributed by atoms with Crippen molar-refractivity contribution in [1.82, 2.24) is 0 Å². The SMILES string of the molecule is CCc1c(C(=O)O)sc2c1C(=O)CC2. The molecule has 0 aromatic carbocycles. The van der Waals surface area contributed by atoms with E-state index in [4.69, 9.17) is 5.11 Å². The Hall–Kier alpha value is -1.16. The van der Waals surface area contributed by atoms with Crippen molar-refractivity contribution in [3.63, 3.8) is 0 Å². The third kappa shape index (κ3) is 1.18. The van der Waals surface area contributed by atoms with Crippen molar-refractivity contribution in [2.24, 2.45) is 0 Å². The number of aromatic carboxylic acids is 1. The van der Waals surface area contributed by atoms with E-state index in [0.29, 0.717) is 23.3 Å². The van der Waals surface area contributed by atoms with Gasteiger partial charge in [0.15, 0.2) is 5.78 Å². The maximum atomic E-state index is 11.5. The van der Waals surface area contributed by atoms with Crippen molar-refractivity contribution in [3.8, 4) is 0 Å². The highest BCUT2D eigenvalue weighted by molar-refractivity contribution is 7.14. The lowest BCUT2D eigenvalue weighted by Crippen LogP contribution is -2.01. The molecule has 4 heteroatoms. The number of aryl methyl sites for hydroxylation is 1. The summed E-state index contributed by atoms with van der Waals surface area (Å²) in [5, 5.41) is 8.94. The van der Waals surface area contributed by atoms with E-state index >= 15 is 0 Å². The minimum Gasteiger partial charge on any atom is -0.477 e. The van der Waals surface area contributed by atoms with E-state index in [9.17, 15) is 9.59 Å². The van der Waals surface area contributed by atoms with Gasteiger partial charge >= 0.3 is 5.97 Å². The third-order valence-electron chi connectivity index (χ3n) is 2.49. The molecule has 0 unspecified atom stereocenters. The number of carboxylic acid groups (broad SMARTS) is 1. The Morgan fingerprint density at radius 2 is 2.21 bits per heavy atom. The number of hydrogen-bond donors (Lipinski definition) is 1. The Bertz CT molecular complexity index is 417. The standard InChI is InChI=1S/C10H10O3S/c1-2-5-8-6(11)3-4-7(8)14-9(5)10(12)13/h2-4H2,1H3,(H,12,13). The van der Waals surface area contributed by atoms with Gasteiger partial charge in [0.05, 0.1) is 0 Å². The number of ketones is 1. The van der Waals surface area contributed by atoms with Gasteiger partial charge in [-0.1, -0.05) is 6.92 Å². The summed E-state index contributed by atoms with van der Waals surface area (Å²) in [4.78, 5) is 23.7. The molecule has 1 aliphatic rings. The molecular formula is C10H10O3S. The van der Waals surface area contributed by atoms with Crippen molar-refractivity contribution < 1.29 is 14.7 Å². The van der Waals surface area contributed by atoms with Gasteiger partial charge in [-0.25, -0.2) is 4.79 Å². The van der Waals surface area contributed by atoms with E-state index in [-0.39, 0.29) is 5.78 Å². The van der Waals surface area contributed by atoms with Crippen LogP contribution in [0.5, 0.6) is 0 Å². The number of hydrogen-bond acceptors (Lipinski definition) is 3. The molecule has 0 fully saturated rings. The van der Waals surface area contributed by atoms with Crippen molar-refractivity contribution in [2.45, 2.75) is 26.2 Å². The lowest BCUT2D eigenvalue weighted by Gasteiger charge is -1.97. The fourth-order valence-electron chi connectivity index (χ4n) is 1.88. The first kappa shape index (κ1) is 9.40. The van der Waals surface area contributed by atoms with Crippen molar-refractivity contribution in [2.75, 3.05) is 0 Å². The van der Waals surface area contributed by atoms with E-state index < -0.39 is 5.97 Å². The molecule has 1 aliphatic carbocycles. The first-order valence-electron chi connectivity index (χ1n) is 4.56. The summed E-state index contributed by atoms with van der Waals surface area (Å²) in [7, 11) is 0. The highest BCUT2D eigenvalue weighted by atomic mass is 32.1. The molecule has 0 amide bonds. The van der Waals surface area contributed by atoms with Crippen LogP contribution in [0.15, 0.2) is 0 Å². The van der Waals surface area contributed by atoms with Crippen LogP contribution < -0.4 is 0 Å². The summed E-state index contributed by atoms with van der Waals surface area (Å²) >= 11 is 1.26. The van der Waals surface area contributed by atoms with Gasteiger partial charge in [-0.15, -0.1) is 11.3 Å². The fourth-order valence-corrected chi connectivity index (χ4v) is 3.13. The van der Waals surface area contributed by atoms with Crippen LogP contribution >= 0.6 is 11.3 Å². The maximum Gasteiger partial charge on any atom is 0.346 e. The summed E-state index contributed by atoms with van der Waals surface area (Å²) in [5.74, 6) is -0.797. The molecule has 1 N–H and O–H groups in total. The molecule has 0 atom stereocenters. The Balaban J connectivity index is 2.62. The molecule has 74 valence electrons. The van der Waals surface area contributed by atoms with Crippen LogP contribution in [0.1, 0.15) is 43.8 Å². The molecule has 3 nitrogen and oxygen atoms in total. The zero-order valence-corrected chi connectivity index (χ0v) is 8.61. The summed E-state index contributed by atoms with van der Waals surface area (Å²) in [6.45, 7) is 1.89. The largest absolute Gasteiger partial charge is 0.477 e. The third-order valence-corrected chi connectivity index (χ3v) is 3.77. The van der Waals surface area contributed by atoms with Gasteiger partial charge in [-0.3, -0.25) is 4.79 Å². The molecule has 2 rings (SSSR count). The summed E-state index contributed by atoms with van der Waals surface area (Å²) in [6, 6.07) is 0. The Morgan fingerprint density at radius 3 is 2.79 bits per heavy atom. The quantitative estimate of drug-likeness (QED) is 0.813. The predicted molar refractivity (Wildman–Crippen MR) is 53.3 cm³/mol. The maximum absolute atomic E-state index is 11.5. The zero-order valence-electron chi connectivity index (χ0n) is 7.79. The van der Waals surface area contributed by atoms with Crippen LogP contribution in [0.4, 0.5) is 0 Å². The number of Topliss-reactive ketones (excluding diaryl/α,β-unsaturated/α-hetero) is 1. The number of carbonyl (C=O) groups excluding carboxylic acids is 1. The van der Waals surface area contributed by atoms with Crippen LogP contribution in [0, 0.1) is 0 Å². The number of fused-ring (bicyclic) bond motifs is 1. The average Bonchev–Trinajstić information content (AvgIpc) is 2.66. The lowest BCUT2D eigenvalue weighted by atomic mass is 10.1. The summed E-state index contributed by atoms with van der Waals surface area (Å²) in [6.07, 6.45) is 1.90. The van der Waals surface area contributed by atoms with E-state index in [1.165, 1.54) is 11.3 Å². The molecule has 1 aromatic heterocycles. The second kappa shape index (κ2) is 3.20. The lowest BCUT2D eigenvalue weighted by molar-refractivity contribution is 0.0701. The number of thiophene rings is 1. The highest BCUT2D eigenvalue weighted by Gasteiger charge is 2.29. The molecule has 1 heterocycles. The van der Waals surface area contributed by atoms with Gasteiger partial charge < -0.3 is 5.11 Å². The first-order chi connectivity index (χ1) is 6.65. The molecule has 0 radical (unpaired) electrons. The molecule has 0 bridgehead atoms. The van der Waals surface area contributed by atoms with Gasteiger partial charge in [-0.05, 0) is 18.4 Å². The minimum absolute atomic E-state index is 0.112. The highest BCUT2D eigenvalue weighted by Crippen LogP contribution is 2.35. The second-order valence-electron chi connectivity index (χ2n) is 3.29. The zero-order chi connectivity index (χ0) is 10.3. The van der Waals surface area contributed by atoms with E-state index in [2.05, 4.69) is 0 Å². The Morgan fingerprint density at radius 1 is 1.50 bits per heavy atom. The molecule has 1 aromatic rings. The van der Waals surface area contributed by atoms with Gasteiger partial charge in [0.1, 0.15) is 4.88 Å². The van der Waals surface area contributed by atoms with Crippen LogP contribution in [-0.2, 0) is 12.8 Å². The number of carbonyl (C=O) groups is 2. The molecular weight excluding hydrogens is 200 g/mol. The topological polar surface area (TPSA) is 54.4 Å². The van der Waals surface area contributed by atoms with Crippen LogP contribution in [-0.4, -0.2) is 16.9 Å². The molecule has 0 spiro atoms. The van der Waals surface area contributed by atoms with Crippen LogP contribution in [0.2, 0.25) is 0 Å². The van der Waals surface area contributed by atoms with E-state index in [0.717, 1.165) is 16.9 Å². The van der Waals surface area contributed by atoms with Gasteiger partial charge in [-0.2, -0.15) is 0 Å². The van der Waals surface area contributed by atoms with Crippen molar-refractivity contribution in [1.29, 1.82) is 0 Å². The predicted octanol–water partition coefficient (Wildman–Crippen LogP) is 2.14. The molecule has 0 aliphatic heterocycles. The normalized spacial score (nSPS) is 14.5. The Labute approximate surface area is 85.4 Å². The average molecular weight is 210 g/mol. The van der Waals surface area contributed by atoms with Crippen molar-refractivity contribution in [3.05, 3.63) is 20.9 Å². The monoisotopic (exact) mass is 210 g/mol. The fraction of sp³-hybridized carbons (Fsp3) is 0.400. The number of carboxylic acids is 1. The molecule has 0 saturated carbocycles. The number of rotatable bonds is 2. The van der Waals surface area contributed by atoms with Crippen molar-refractivity contribution >= 4 is 23.1 Å². The molecule has 0 saturated heterocycles. The van der Waals surface area contributed by atoms with Crippen LogP contribution in [0.3, 0.4) is 0 Å². The van der Waals surface area contributed by atoms with Gasteiger partial charge in [0, 0.05) is 16.9 Å². The summed E-state index contributed by atoms with van der Waals surface area (Å²) in [5.41, 5.74) is 1.44. The van der Waals surface area contributed by atoms with Gasteiger partial charge in [0.2, 0.25) is 0 Å². The second-order valence-corrected chi connectivity index (χ2v) is 4.39. The Kier molecular flexibility index (Phi) is 2.15. The van der Waals surface area contributed by atoms with Crippen LogP contribution in [0.25, 0.3) is 0 Å². The minimum atomic E-state index is -0.908. The molecule has 14 heavy (non-hydrogen) atoms.